The molecule has 0 saturated carbocycles. The molecular formula is C9H6F3NO. The highest BCUT2D eigenvalue weighted by molar-refractivity contribution is 5.73. The van der Waals surface area contributed by atoms with Crippen LogP contribution in [0.4, 0.5) is 13.2 Å². The molecule has 0 aliphatic heterocycles. The third-order valence-electron chi connectivity index (χ3n) is 1.82. The van der Waals surface area contributed by atoms with Gasteiger partial charge < -0.3 is 4.42 Å². The number of rotatable bonds is 0. The van der Waals surface area contributed by atoms with Crippen LogP contribution in [0.25, 0.3) is 11.1 Å². The Hall–Kier alpha value is -1.52. The van der Waals surface area contributed by atoms with Crippen LogP contribution in [0.1, 0.15) is 11.5 Å². The smallest absolute Gasteiger partial charge is 0.416 e. The maximum atomic E-state index is 12.3. The van der Waals surface area contributed by atoms with Crippen LogP contribution in [0.15, 0.2) is 22.6 Å². The van der Waals surface area contributed by atoms with Crippen molar-refractivity contribution in [2.45, 2.75) is 13.1 Å². The lowest BCUT2D eigenvalue weighted by molar-refractivity contribution is -0.137. The molecule has 1 aromatic carbocycles. The van der Waals surface area contributed by atoms with Gasteiger partial charge in [-0.2, -0.15) is 13.2 Å². The first-order valence-electron chi connectivity index (χ1n) is 3.91. The largest absolute Gasteiger partial charge is 0.441 e. The van der Waals surface area contributed by atoms with Gasteiger partial charge in [0.05, 0.1) is 5.56 Å². The van der Waals surface area contributed by atoms with Gasteiger partial charge in [0, 0.05) is 6.92 Å². The van der Waals surface area contributed by atoms with Crippen molar-refractivity contribution in [3.05, 3.63) is 29.7 Å². The van der Waals surface area contributed by atoms with E-state index in [1.54, 1.807) is 6.92 Å². The summed E-state index contributed by atoms with van der Waals surface area (Å²) in [5.74, 6) is 0.360. The molecule has 2 nitrogen and oxygen atoms in total. The minimum absolute atomic E-state index is 0.234. The highest BCUT2D eigenvalue weighted by Crippen LogP contribution is 2.31. The summed E-state index contributed by atoms with van der Waals surface area (Å²) < 4.78 is 41.8. The number of oxazole rings is 1. The van der Waals surface area contributed by atoms with Gasteiger partial charge in [-0.1, -0.05) is 0 Å². The first-order valence-corrected chi connectivity index (χ1v) is 3.91. The average molecular weight is 201 g/mol. The maximum absolute atomic E-state index is 12.3. The molecule has 0 aliphatic carbocycles. The van der Waals surface area contributed by atoms with Gasteiger partial charge in [0.1, 0.15) is 5.52 Å². The minimum atomic E-state index is -4.33. The lowest BCUT2D eigenvalue weighted by atomic mass is 10.2. The Morgan fingerprint density at radius 2 is 2.00 bits per heavy atom. The summed E-state index contributed by atoms with van der Waals surface area (Å²) in [6.45, 7) is 1.59. The van der Waals surface area contributed by atoms with Crippen LogP contribution < -0.4 is 0 Å². The molecule has 0 amide bonds. The number of alkyl halides is 3. The number of benzene rings is 1. The summed E-state index contributed by atoms with van der Waals surface area (Å²) >= 11 is 0. The summed E-state index contributed by atoms with van der Waals surface area (Å²) in [4.78, 5) is 3.82. The molecule has 2 aromatic rings. The summed E-state index contributed by atoms with van der Waals surface area (Å²) in [6, 6.07) is 3.23. The molecule has 0 radical (unpaired) electrons. The molecule has 0 atom stereocenters. The van der Waals surface area contributed by atoms with Crippen molar-refractivity contribution in [2.24, 2.45) is 0 Å². The first kappa shape index (κ1) is 9.05. The monoisotopic (exact) mass is 201 g/mol. The van der Waals surface area contributed by atoms with Crippen LogP contribution in [0, 0.1) is 6.92 Å². The Balaban J connectivity index is 2.62. The lowest BCUT2D eigenvalue weighted by Gasteiger charge is -2.04. The summed E-state index contributed by atoms with van der Waals surface area (Å²) in [5, 5.41) is 0. The van der Waals surface area contributed by atoms with Crippen LogP contribution >= 0.6 is 0 Å². The summed E-state index contributed by atoms with van der Waals surface area (Å²) in [5.41, 5.74) is -0.105. The van der Waals surface area contributed by atoms with Crippen molar-refractivity contribution < 1.29 is 17.6 Å². The fourth-order valence-corrected chi connectivity index (χ4v) is 1.22. The molecule has 0 unspecified atom stereocenters. The van der Waals surface area contributed by atoms with Gasteiger partial charge in [0.25, 0.3) is 0 Å². The molecule has 0 saturated heterocycles. The van der Waals surface area contributed by atoms with Crippen LogP contribution in [0.3, 0.4) is 0 Å². The molecule has 14 heavy (non-hydrogen) atoms. The zero-order valence-corrected chi connectivity index (χ0v) is 7.22. The van der Waals surface area contributed by atoms with E-state index in [0.29, 0.717) is 11.5 Å². The van der Waals surface area contributed by atoms with Crippen molar-refractivity contribution in [3.8, 4) is 0 Å². The van der Waals surface area contributed by atoms with Crippen molar-refractivity contribution in [1.82, 2.24) is 4.98 Å². The Labute approximate surface area is 77.4 Å². The Kier molecular flexibility index (Phi) is 1.77. The van der Waals surface area contributed by atoms with Gasteiger partial charge in [-0.3, -0.25) is 0 Å². The van der Waals surface area contributed by atoms with Crippen LogP contribution in [-0.4, -0.2) is 4.98 Å². The number of aryl methyl sites for hydroxylation is 1. The second kappa shape index (κ2) is 2.73. The average Bonchev–Trinajstić information content (AvgIpc) is 2.41. The van der Waals surface area contributed by atoms with Crippen molar-refractivity contribution >= 4 is 11.1 Å². The van der Waals surface area contributed by atoms with Gasteiger partial charge in [0.15, 0.2) is 11.5 Å². The van der Waals surface area contributed by atoms with Crippen LogP contribution in [0.2, 0.25) is 0 Å². The fourth-order valence-electron chi connectivity index (χ4n) is 1.22. The minimum Gasteiger partial charge on any atom is -0.441 e. The van der Waals surface area contributed by atoms with Crippen molar-refractivity contribution in [1.29, 1.82) is 0 Å². The molecule has 0 aliphatic rings. The summed E-state index contributed by atoms with van der Waals surface area (Å²) in [6.07, 6.45) is -4.33. The molecule has 5 heteroatoms. The highest BCUT2D eigenvalue weighted by atomic mass is 19.4. The van der Waals surface area contributed by atoms with Gasteiger partial charge >= 0.3 is 6.18 Å². The fraction of sp³-hybridized carbons (Fsp3) is 0.222. The molecule has 0 bridgehead atoms. The molecule has 0 spiro atoms. The van der Waals surface area contributed by atoms with E-state index < -0.39 is 11.7 Å². The predicted octanol–water partition coefficient (Wildman–Crippen LogP) is 3.16. The lowest BCUT2D eigenvalue weighted by Crippen LogP contribution is -2.03. The maximum Gasteiger partial charge on any atom is 0.416 e. The normalized spacial score (nSPS) is 12.3. The second-order valence-corrected chi connectivity index (χ2v) is 2.91. The number of aromatic nitrogens is 1. The van der Waals surface area contributed by atoms with Crippen LogP contribution in [0.5, 0.6) is 0 Å². The molecule has 1 aromatic heterocycles. The van der Waals surface area contributed by atoms with E-state index in [1.807, 2.05) is 0 Å². The third-order valence-corrected chi connectivity index (χ3v) is 1.82. The van der Waals surface area contributed by atoms with Crippen LogP contribution in [-0.2, 0) is 6.18 Å². The summed E-state index contributed by atoms with van der Waals surface area (Å²) in [7, 11) is 0. The Morgan fingerprint density at radius 3 is 2.64 bits per heavy atom. The first-order chi connectivity index (χ1) is 6.47. The molecule has 74 valence electrons. The van der Waals surface area contributed by atoms with E-state index in [4.69, 9.17) is 4.42 Å². The SMILES string of the molecule is Cc1nc2cc(C(F)(F)F)ccc2o1. The third kappa shape index (κ3) is 1.45. The van der Waals surface area contributed by atoms with E-state index in [1.165, 1.54) is 6.07 Å². The predicted molar refractivity (Wildman–Crippen MR) is 43.7 cm³/mol. The number of hydrogen-bond acceptors (Lipinski definition) is 2. The van der Waals surface area contributed by atoms with Gasteiger partial charge in [-0.15, -0.1) is 0 Å². The highest BCUT2D eigenvalue weighted by Gasteiger charge is 2.30. The van der Waals surface area contributed by atoms with Gasteiger partial charge in [-0.25, -0.2) is 4.98 Å². The van der Waals surface area contributed by atoms with Gasteiger partial charge in [0.2, 0.25) is 0 Å². The topological polar surface area (TPSA) is 26.0 Å². The Bertz CT molecular complexity index is 472. The zero-order valence-electron chi connectivity index (χ0n) is 7.22. The van der Waals surface area contributed by atoms with E-state index in [9.17, 15) is 13.2 Å². The molecule has 0 N–H and O–H groups in total. The number of nitrogens with zero attached hydrogens (tertiary/aromatic N) is 1. The Morgan fingerprint density at radius 1 is 1.29 bits per heavy atom. The number of halogens is 3. The zero-order chi connectivity index (χ0) is 10.3. The van der Waals surface area contributed by atoms with Crippen molar-refractivity contribution in [3.63, 3.8) is 0 Å². The number of fused-ring (bicyclic) bond motifs is 1. The molecule has 0 fully saturated rings. The quantitative estimate of drug-likeness (QED) is 0.654. The standard InChI is InChI=1S/C9H6F3NO/c1-5-13-7-4-6(9(10,11)12)2-3-8(7)14-5/h2-4H,1H3. The van der Waals surface area contributed by atoms with E-state index in [-0.39, 0.29) is 5.52 Å². The molecule has 1 heterocycles. The molecule has 2 rings (SSSR count). The van der Waals surface area contributed by atoms with E-state index in [0.717, 1.165) is 12.1 Å². The van der Waals surface area contributed by atoms with E-state index >= 15 is 0 Å². The number of hydrogen-bond donors (Lipinski definition) is 0. The molecular weight excluding hydrogens is 195 g/mol. The van der Waals surface area contributed by atoms with E-state index in [2.05, 4.69) is 4.98 Å². The second-order valence-electron chi connectivity index (χ2n) is 2.91. The van der Waals surface area contributed by atoms with Gasteiger partial charge in [-0.05, 0) is 18.2 Å². The van der Waals surface area contributed by atoms with Crippen molar-refractivity contribution in [2.75, 3.05) is 0 Å².